The van der Waals surface area contributed by atoms with Crippen LogP contribution in [0.4, 0.5) is 11.4 Å². The Bertz CT molecular complexity index is 669. The predicted octanol–water partition coefficient (Wildman–Crippen LogP) is 3.21. The van der Waals surface area contributed by atoms with Crippen LogP contribution in [-0.4, -0.2) is 15.9 Å². The third kappa shape index (κ3) is 2.05. The van der Waals surface area contributed by atoms with Gasteiger partial charge in [-0.3, -0.25) is 0 Å². The van der Waals surface area contributed by atoms with Gasteiger partial charge in [0.15, 0.2) is 0 Å². The predicted molar refractivity (Wildman–Crippen MR) is 80.8 cm³/mol. The lowest BCUT2D eigenvalue weighted by Crippen LogP contribution is -2.24. The largest absolute Gasteiger partial charge is 0.392 e. The van der Waals surface area contributed by atoms with Crippen LogP contribution in [0, 0.1) is 0 Å². The fraction of sp³-hybridized carbons (Fsp3) is 0.250. The van der Waals surface area contributed by atoms with Crippen molar-refractivity contribution in [2.45, 2.75) is 29.7 Å². The molecule has 0 saturated carbocycles. The molecule has 1 unspecified atom stereocenters. The highest BCUT2D eigenvalue weighted by molar-refractivity contribution is 7.85. The van der Waals surface area contributed by atoms with E-state index in [9.17, 15) is 9.32 Å². The van der Waals surface area contributed by atoms with Crippen LogP contribution in [0.15, 0.2) is 52.3 Å². The quantitative estimate of drug-likeness (QED) is 0.942. The SMILES string of the molecule is CCCN1c2ccccc2S(=O)c2cc(CO)ccc21. The lowest BCUT2D eigenvalue weighted by atomic mass is 10.1. The Labute approximate surface area is 121 Å². The Balaban J connectivity index is 2.20. The molecule has 3 rings (SSSR count). The lowest BCUT2D eigenvalue weighted by Gasteiger charge is -2.32. The van der Waals surface area contributed by atoms with Crippen molar-refractivity contribution in [3.05, 3.63) is 48.0 Å². The highest BCUT2D eigenvalue weighted by atomic mass is 32.2. The third-order valence-electron chi connectivity index (χ3n) is 3.50. The molecule has 20 heavy (non-hydrogen) atoms. The molecule has 2 aromatic carbocycles. The van der Waals surface area contributed by atoms with Gasteiger partial charge in [-0.05, 0) is 36.2 Å². The maximum absolute atomic E-state index is 12.7. The Kier molecular flexibility index (Phi) is 3.59. The Morgan fingerprint density at radius 2 is 1.85 bits per heavy atom. The van der Waals surface area contributed by atoms with Gasteiger partial charge in [0.1, 0.15) is 0 Å². The van der Waals surface area contributed by atoms with E-state index in [1.54, 1.807) is 0 Å². The number of rotatable bonds is 3. The molecule has 1 aliphatic heterocycles. The van der Waals surface area contributed by atoms with Crippen molar-refractivity contribution < 1.29 is 9.32 Å². The van der Waals surface area contributed by atoms with E-state index in [-0.39, 0.29) is 6.61 Å². The van der Waals surface area contributed by atoms with Gasteiger partial charge in [0.25, 0.3) is 0 Å². The summed E-state index contributed by atoms with van der Waals surface area (Å²) in [5, 5.41) is 9.28. The van der Waals surface area contributed by atoms with E-state index in [0.29, 0.717) is 0 Å². The summed E-state index contributed by atoms with van der Waals surface area (Å²) in [5.41, 5.74) is 2.81. The first-order chi connectivity index (χ1) is 9.76. The first-order valence-corrected chi connectivity index (χ1v) is 7.93. The average Bonchev–Trinajstić information content (AvgIpc) is 2.51. The average molecular weight is 287 g/mol. The lowest BCUT2D eigenvalue weighted by molar-refractivity contribution is 0.281. The summed E-state index contributed by atoms with van der Waals surface area (Å²) in [6.45, 7) is 3.00. The molecule has 0 spiro atoms. The van der Waals surface area contributed by atoms with Crippen molar-refractivity contribution in [2.75, 3.05) is 11.4 Å². The van der Waals surface area contributed by atoms with Crippen molar-refractivity contribution >= 4 is 22.2 Å². The van der Waals surface area contributed by atoms with Crippen LogP contribution in [0.5, 0.6) is 0 Å². The van der Waals surface area contributed by atoms with Crippen LogP contribution in [0.25, 0.3) is 0 Å². The van der Waals surface area contributed by atoms with E-state index in [1.165, 1.54) is 0 Å². The second-order valence-electron chi connectivity index (χ2n) is 4.85. The minimum absolute atomic E-state index is 0.0279. The summed E-state index contributed by atoms with van der Waals surface area (Å²) in [7, 11) is -1.18. The number of para-hydroxylation sites is 1. The normalized spacial score (nSPS) is 16.7. The number of hydrogen-bond acceptors (Lipinski definition) is 3. The van der Waals surface area contributed by atoms with Gasteiger partial charge in [-0.25, -0.2) is 4.21 Å². The summed E-state index contributed by atoms with van der Waals surface area (Å²) in [6.07, 6.45) is 1.02. The molecule has 1 atom stereocenters. The van der Waals surface area contributed by atoms with E-state index in [2.05, 4.69) is 11.8 Å². The number of benzene rings is 2. The summed E-state index contributed by atoms with van der Waals surface area (Å²) in [6, 6.07) is 13.5. The second-order valence-corrected chi connectivity index (χ2v) is 6.27. The van der Waals surface area contributed by atoms with Gasteiger partial charge in [0.2, 0.25) is 0 Å². The number of hydrogen-bond donors (Lipinski definition) is 1. The molecule has 0 aromatic heterocycles. The molecule has 1 aliphatic rings. The molecule has 4 heteroatoms. The fourth-order valence-corrected chi connectivity index (χ4v) is 4.01. The van der Waals surface area contributed by atoms with Crippen LogP contribution in [-0.2, 0) is 17.4 Å². The molecule has 0 bridgehead atoms. The van der Waals surface area contributed by atoms with Gasteiger partial charge in [-0.1, -0.05) is 25.1 Å². The van der Waals surface area contributed by atoms with Crippen molar-refractivity contribution in [3.63, 3.8) is 0 Å². The molecule has 104 valence electrons. The van der Waals surface area contributed by atoms with E-state index < -0.39 is 10.8 Å². The maximum atomic E-state index is 12.7. The van der Waals surface area contributed by atoms with Crippen LogP contribution in [0.3, 0.4) is 0 Å². The summed E-state index contributed by atoms with van der Waals surface area (Å²) >= 11 is 0. The van der Waals surface area contributed by atoms with E-state index in [1.807, 2.05) is 42.5 Å². The van der Waals surface area contributed by atoms with Crippen LogP contribution >= 0.6 is 0 Å². The van der Waals surface area contributed by atoms with Crippen molar-refractivity contribution in [1.29, 1.82) is 0 Å². The molecule has 0 saturated heterocycles. The van der Waals surface area contributed by atoms with Gasteiger partial charge in [-0.15, -0.1) is 0 Å². The zero-order valence-electron chi connectivity index (χ0n) is 11.4. The van der Waals surface area contributed by atoms with Gasteiger partial charge in [-0.2, -0.15) is 0 Å². The minimum atomic E-state index is -1.18. The molecule has 0 fully saturated rings. The Morgan fingerprint density at radius 3 is 2.60 bits per heavy atom. The summed E-state index contributed by atoms with van der Waals surface area (Å²) < 4.78 is 12.7. The smallest absolute Gasteiger partial charge is 0.0892 e. The van der Waals surface area contributed by atoms with Gasteiger partial charge in [0.05, 0.1) is 38.6 Å². The fourth-order valence-electron chi connectivity index (χ4n) is 2.58. The van der Waals surface area contributed by atoms with E-state index in [0.717, 1.165) is 39.7 Å². The molecule has 1 N–H and O–H groups in total. The van der Waals surface area contributed by atoms with Gasteiger partial charge in [0, 0.05) is 6.54 Å². The zero-order valence-corrected chi connectivity index (χ0v) is 12.2. The number of nitrogens with zero attached hydrogens (tertiary/aromatic N) is 1. The molecular formula is C16H17NO2S. The second kappa shape index (κ2) is 5.38. The third-order valence-corrected chi connectivity index (χ3v) is 4.97. The number of anilines is 2. The molecular weight excluding hydrogens is 270 g/mol. The first-order valence-electron chi connectivity index (χ1n) is 6.78. The molecule has 0 aliphatic carbocycles. The van der Waals surface area contributed by atoms with Crippen LogP contribution in [0.2, 0.25) is 0 Å². The molecule has 0 amide bonds. The standard InChI is InChI=1S/C16H17NO2S/c1-2-9-17-13-5-3-4-6-15(13)20(19)16-10-12(11-18)7-8-14(16)17/h3-8,10,18H,2,9,11H2,1H3. The minimum Gasteiger partial charge on any atom is -0.392 e. The Hall–Kier alpha value is -1.65. The monoisotopic (exact) mass is 287 g/mol. The van der Waals surface area contributed by atoms with E-state index in [4.69, 9.17) is 0 Å². The number of fused-ring (bicyclic) bond motifs is 2. The zero-order chi connectivity index (χ0) is 14.1. The molecule has 0 radical (unpaired) electrons. The first kappa shape index (κ1) is 13.3. The molecule has 2 aromatic rings. The highest BCUT2D eigenvalue weighted by Crippen LogP contribution is 2.42. The number of aliphatic hydroxyl groups excluding tert-OH is 1. The van der Waals surface area contributed by atoms with Gasteiger partial charge >= 0.3 is 0 Å². The van der Waals surface area contributed by atoms with Gasteiger partial charge < -0.3 is 10.0 Å². The van der Waals surface area contributed by atoms with Crippen molar-refractivity contribution in [3.8, 4) is 0 Å². The van der Waals surface area contributed by atoms with E-state index >= 15 is 0 Å². The molecule has 3 nitrogen and oxygen atoms in total. The topological polar surface area (TPSA) is 40.5 Å². The summed E-state index contributed by atoms with van der Waals surface area (Å²) in [4.78, 5) is 3.86. The molecule has 1 heterocycles. The Morgan fingerprint density at radius 1 is 1.10 bits per heavy atom. The summed E-state index contributed by atoms with van der Waals surface area (Å²) in [5.74, 6) is 0. The van der Waals surface area contributed by atoms with Crippen molar-refractivity contribution in [2.24, 2.45) is 0 Å². The maximum Gasteiger partial charge on any atom is 0.0892 e. The highest BCUT2D eigenvalue weighted by Gasteiger charge is 2.27. The van der Waals surface area contributed by atoms with Crippen molar-refractivity contribution in [1.82, 2.24) is 0 Å². The van der Waals surface area contributed by atoms with Crippen LogP contribution in [0.1, 0.15) is 18.9 Å². The number of aliphatic hydroxyl groups is 1. The van der Waals surface area contributed by atoms with Crippen LogP contribution < -0.4 is 4.90 Å².